The molecule has 82 valence electrons. The molecule has 1 nitrogen and oxygen atoms in total. The van der Waals surface area contributed by atoms with Crippen molar-refractivity contribution in [2.24, 2.45) is 0 Å². The third-order valence-electron chi connectivity index (χ3n) is 2.28. The van der Waals surface area contributed by atoms with Crippen LogP contribution in [0.2, 0.25) is 0 Å². The maximum absolute atomic E-state index is 12.2. The Hall–Kier alpha value is -0.450. The molecule has 0 spiro atoms. The molecule has 2 aromatic rings. The molecule has 2 rings (SSSR count). The first kappa shape index (κ1) is 12.0. The van der Waals surface area contributed by atoms with E-state index in [1.807, 2.05) is 35.9 Å². The van der Waals surface area contributed by atoms with Crippen LogP contribution in [0.5, 0.6) is 0 Å². The van der Waals surface area contributed by atoms with Crippen molar-refractivity contribution in [2.75, 3.05) is 0 Å². The number of carbonyl (C=O) groups is 1. The zero-order chi connectivity index (χ0) is 11.7. The highest BCUT2D eigenvalue weighted by atomic mass is 79.9. The predicted octanol–water partition coefficient (Wildman–Crippen LogP) is 4.81. The molecule has 0 radical (unpaired) electrons. The van der Waals surface area contributed by atoms with E-state index in [0.717, 1.165) is 25.6 Å². The quantitative estimate of drug-likeness (QED) is 0.703. The molecule has 0 saturated heterocycles. The standard InChI is InChI=1S/C12H8Br2OS/c1-7-4-8(2-3-10(7)13)12(15)9-5-16-6-11(9)14/h2-6H,1H3. The Morgan fingerprint density at radius 1 is 1.19 bits per heavy atom. The SMILES string of the molecule is Cc1cc(C(=O)c2cscc2Br)ccc1Br. The Balaban J connectivity index is 2.42. The molecule has 0 saturated carbocycles. The molecule has 0 aliphatic rings. The van der Waals surface area contributed by atoms with E-state index in [1.165, 1.54) is 11.3 Å². The van der Waals surface area contributed by atoms with Gasteiger partial charge < -0.3 is 0 Å². The van der Waals surface area contributed by atoms with Gasteiger partial charge in [0.1, 0.15) is 0 Å². The second kappa shape index (κ2) is 4.82. The van der Waals surface area contributed by atoms with Crippen LogP contribution in [0, 0.1) is 6.92 Å². The van der Waals surface area contributed by atoms with Gasteiger partial charge in [-0.1, -0.05) is 15.9 Å². The maximum atomic E-state index is 12.2. The number of ketones is 1. The molecule has 0 unspecified atom stereocenters. The number of thiophene rings is 1. The average Bonchev–Trinajstić information content (AvgIpc) is 2.67. The van der Waals surface area contributed by atoms with Crippen LogP contribution < -0.4 is 0 Å². The lowest BCUT2D eigenvalue weighted by molar-refractivity contribution is 0.103. The number of hydrogen-bond acceptors (Lipinski definition) is 2. The molecule has 4 heteroatoms. The summed E-state index contributed by atoms with van der Waals surface area (Å²) in [4.78, 5) is 12.2. The van der Waals surface area contributed by atoms with Gasteiger partial charge in [-0.25, -0.2) is 0 Å². The Morgan fingerprint density at radius 3 is 2.50 bits per heavy atom. The number of halogens is 2. The van der Waals surface area contributed by atoms with Crippen LogP contribution >= 0.6 is 43.2 Å². The van der Waals surface area contributed by atoms with Gasteiger partial charge in [-0.05, 0) is 46.6 Å². The van der Waals surface area contributed by atoms with Crippen LogP contribution in [0.15, 0.2) is 37.9 Å². The Kier molecular flexibility index (Phi) is 3.62. The van der Waals surface area contributed by atoms with E-state index in [4.69, 9.17) is 0 Å². The summed E-state index contributed by atoms with van der Waals surface area (Å²) >= 11 is 8.32. The van der Waals surface area contributed by atoms with Gasteiger partial charge in [-0.15, -0.1) is 0 Å². The number of carbonyl (C=O) groups excluding carboxylic acids is 1. The summed E-state index contributed by atoms with van der Waals surface area (Å²) in [6.07, 6.45) is 0. The van der Waals surface area contributed by atoms with Crippen LogP contribution in [0.4, 0.5) is 0 Å². The fourth-order valence-corrected chi connectivity index (χ4v) is 3.09. The summed E-state index contributed by atoms with van der Waals surface area (Å²) in [5.74, 6) is 0.0590. The average molecular weight is 360 g/mol. The van der Waals surface area contributed by atoms with Gasteiger partial charge in [0.25, 0.3) is 0 Å². The molecule has 16 heavy (non-hydrogen) atoms. The first-order valence-corrected chi connectivity index (χ1v) is 7.15. The lowest BCUT2D eigenvalue weighted by Crippen LogP contribution is -2.00. The lowest BCUT2D eigenvalue weighted by atomic mass is 10.0. The van der Waals surface area contributed by atoms with E-state index in [0.29, 0.717) is 0 Å². The molecule has 1 aromatic heterocycles. The van der Waals surface area contributed by atoms with Gasteiger partial charge in [-0.2, -0.15) is 11.3 Å². The number of hydrogen-bond donors (Lipinski definition) is 0. The van der Waals surface area contributed by atoms with Crippen molar-refractivity contribution in [3.8, 4) is 0 Å². The van der Waals surface area contributed by atoms with E-state index >= 15 is 0 Å². The molecule has 0 fully saturated rings. The second-order valence-electron chi connectivity index (χ2n) is 3.43. The molecule has 0 amide bonds. The molecule has 0 N–H and O–H groups in total. The van der Waals surface area contributed by atoms with E-state index in [9.17, 15) is 4.79 Å². The van der Waals surface area contributed by atoms with Gasteiger partial charge in [0.15, 0.2) is 5.78 Å². The molecule has 0 bridgehead atoms. The summed E-state index contributed by atoms with van der Waals surface area (Å²) in [6, 6.07) is 5.64. The zero-order valence-electron chi connectivity index (χ0n) is 8.46. The molecule has 1 aromatic carbocycles. The molecule has 0 aliphatic heterocycles. The molecule has 0 aliphatic carbocycles. The molecule has 1 heterocycles. The smallest absolute Gasteiger partial charge is 0.195 e. The van der Waals surface area contributed by atoms with Crippen molar-refractivity contribution in [1.82, 2.24) is 0 Å². The van der Waals surface area contributed by atoms with Crippen molar-refractivity contribution in [2.45, 2.75) is 6.92 Å². The minimum Gasteiger partial charge on any atom is -0.289 e. The minimum absolute atomic E-state index is 0.0590. The topological polar surface area (TPSA) is 17.1 Å². The Labute approximate surface area is 115 Å². The highest BCUT2D eigenvalue weighted by Crippen LogP contribution is 2.25. The number of rotatable bonds is 2. The van der Waals surface area contributed by atoms with Gasteiger partial charge >= 0.3 is 0 Å². The van der Waals surface area contributed by atoms with Crippen LogP contribution in [0.1, 0.15) is 21.5 Å². The summed E-state index contributed by atoms with van der Waals surface area (Å²) in [5, 5.41) is 3.78. The third kappa shape index (κ3) is 2.29. The third-order valence-corrected chi connectivity index (χ3v) is 4.87. The van der Waals surface area contributed by atoms with E-state index in [2.05, 4.69) is 31.9 Å². The summed E-state index contributed by atoms with van der Waals surface area (Å²) in [7, 11) is 0. The fraction of sp³-hybridized carbons (Fsp3) is 0.0833. The van der Waals surface area contributed by atoms with E-state index < -0.39 is 0 Å². The maximum Gasteiger partial charge on any atom is 0.195 e. The zero-order valence-corrected chi connectivity index (χ0v) is 12.4. The molecular formula is C12H8Br2OS. The monoisotopic (exact) mass is 358 g/mol. The fourth-order valence-electron chi connectivity index (χ4n) is 1.38. The van der Waals surface area contributed by atoms with Crippen LogP contribution in [-0.2, 0) is 0 Å². The second-order valence-corrected chi connectivity index (χ2v) is 5.88. The summed E-state index contributed by atoms with van der Waals surface area (Å²) < 4.78 is 1.89. The van der Waals surface area contributed by atoms with Gasteiger partial charge in [-0.3, -0.25) is 4.79 Å². The van der Waals surface area contributed by atoms with E-state index in [1.54, 1.807) is 0 Å². The van der Waals surface area contributed by atoms with Crippen LogP contribution in [-0.4, -0.2) is 5.78 Å². The Morgan fingerprint density at radius 2 is 1.94 bits per heavy atom. The summed E-state index contributed by atoms with van der Waals surface area (Å²) in [6.45, 7) is 1.98. The van der Waals surface area contributed by atoms with E-state index in [-0.39, 0.29) is 5.78 Å². The van der Waals surface area contributed by atoms with Crippen molar-refractivity contribution in [3.63, 3.8) is 0 Å². The lowest BCUT2D eigenvalue weighted by Gasteiger charge is -2.03. The summed E-state index contributed by atoms with van der Waals surface area (Å²) in [5.41, 5.74) is 2.52. The Bertz CT molecular complexity index is 546. The van der Waals surface area contributed by atoms with Crippen molar-refractivity contribution in [3.05, 3.63) is 54.6 Å². The van der Waals surface area contributed by atoms with Crippen molar-refractivity contribution < 1.29 is 4.79 Å². The molecular weight excluding hydrogens is 352 g/mol. The van der Waals surface area contributed by atoms with Gasteiger partial charge in [0.05, 0.1) is 0 Å². The minimum atomic E-state index is 0.0590. The van der Waals surface area contributed by atoms with Crippen LogP contribution in [0.25, 0.3) is 0 Å². The predicted molar refractivity (Wildman–Crippen MR) is 74.3 cm³/mol. The van der Waals surface area contributed by atoms with Crippen molar-refractivity contribution >= 4 is 49.0 Å². The first-order chi connectivity index (χ1) is 7.59. The number of benzene rings is 1. The normalized spacial score (nSPS) is 10.4. The number of aryl methyl sites for hydroxylation is 1. The van der Waals surface area contributed by atoms with Crippen molar-refractivity contribution in [1.29, 1.82) is 0 Å². The largest absolute Gasteiger partial charge is 0.289 e. The highest BCUT2D eigenvalue weighted by molar-refractivity contribution is 9.10. The first-order valence-electron chi connectivity index (χ1n) is 4.62. The highest BCUT2D eigenvalue weighted by Gasteiger charge is 2.13. The molecule has 0 atom stereocenters. The van der Waals surface area contributed by atoms with Gasteiger partial charge in [0, 0.05) is 30.8 Å². The van der Waals surface area contributed by atoms with Gasteiger partial charge in [0.2, 0.25) is 0 Å². The van der Waals surface area contributed by atoms with Crippen LogP contribution in [0.3, 0.4) is 0 Å².